The number of methoxy groups -OCH3 is 1. The number of carbonyl (C=O) groups is 2. The number of rotatable bonds is 4. The van der Waals surface area contributed by atoms with Gasteiger partial charge in [0.15, 0.2) is 0 Å². The van der Waals surface area contributed by atoms with E-state index in [1.54, 1.807) is 18.3 Å². The lowest BCUT2D eigenvalue weighted by molar-refractivity contribution is -0.135. The van der Waals surface area contributed by atoms with E-state index in [9.17, 15) is 9.59 Å². The van der Waals surface area contributed by atoms with Crippen LogP contribution in [0.5, 0.6) is 5.88 Å². The highest BCUT2D eigenvalue weighted by atomic mass is 16.5. The molecule has 3 heterocycles. The van der Waals surface area contributed by atoms with Gasteiger partial charge in [-0.25, -0.2) is 4.98 Å². The van der Waals surface area contributed by atoms with Crippen LogP contribution in [0.2, 0.25) is 0 Å². The molecule has 2 amide bonds. The highest BCUT2D eigenvalue weighted by Crippen LogP contribution is 2.34. The van der Waals surface area contributed by atoms with Gasteiger partial charge in [-0.05, 0) is 37.7 Å². The number of piperidine rings is 1. The SMILES string of the molecule is COc1cc(C(=O)N2CCC3(CC2)CC(=O)N(CC2CCC2)CCO3)ccn1. The summed E-state index contributed by atoms with van der Waals surface area (Å²) in [7, 11) is 1.54. The zero-order valence-corrected chi connectivity index (χ0v) is 16.6. The van der Waals surface area contributed by atoms with E-state index in [0.717, 1.165) is 6.54 Å². The Labute approximate surface area is 166 Å². The van der Waals surface area contributed by atoms with Gasteiger partial charge in [-0.1, -0.05) is 6.42 Å². The third-order valence-corrected chi connectivity index (χ3v) is 6.45. The minimum atomic E-state index is -0.418. The van der Waals surface area contributed by atoms with E-state index in [0.29, 0.717) is 62.9 Å². The third kappa shape index (κ3) is 3.99. The summed E-state index contributed by atoms with van der Waals surface area (Å²) in [6.45, 7) is 3.36. The van der Waals surface area contributed by atoms with Crippen LogP contribution in [-0.2, 0) is 9.53 Å². The molecule has 7 heteroatoms. The number of likely N-dealkylation sites (tertiary alicyclic amines) is 1. The molecule has 0 aromatic carbocycles. The molecule has 2 saturated heterocycles. The predicted molar refractivity (Wildman–Crippen MR) is 103 cm³/mol. The number of hydrogen-bond donors (Lipinski definition) is 0. The minimum absolute atomic E-state index is 0.0258. The van der Waals surface area contributed by atoms with E-state index >= 15 is 0 Å². The largest absolute Gasteiger partial charge is 0.481 e. The van der Waals surface area contributed by atoms with Gasteiger partial charge in [0.2, 0.25) is 11.8 Å². The van der Waals surface area contributed by atoms with Crippen LogP contribution >= 0.6 is 0 Å². The quantitative estimate of drug-likeness (QED) is 0.791. The first-order valence-electron chi connectivity index (χ1n) is 10.3. The van der Waals surface area contributed by atoms with Crippen LogP contribution in [0.4, 0.5) is 0 Å². The van der Waals surface area contributed by atoms with Crippen LogP contribution in [0.1, 0.15) is 48.9 Å². The van der Waals surface area contributed by atoms with E-state index in [1.807, 2.05) is 9.80 Å². The van der Waals surface area contributed by atoms with Crippen LogP contribution in [0.15, 0.2) is 18.3 Å². The topological polar surface area (TPSA) is 72.0 Å². The highest BCUT2D eigenvalue weighted by molar-refractivity contribution is 5.94. The summed E-state index contributed by atoms with van der Waals surface area (Å²) in [6.07, 6.45) is 7.19. The molecule has 0 unspecified atom stereocenters. The second-order valence-electron chi connectivity index (χ2n) is 8.22. The van der Waals surface area contributed by atoms with Gasteiger partial charge < -0.3 is 19.3 Å². The lowest BCUT2D eigenvalue weighted by Gasteiger charge is -2.40. The fraction of sp³-hybridized carbons (Fsp3) is 0.667. The van der Waals surface area contributed by atoms with Crippen LogP contribution in [0.3, 0.4) is 0 Å². The van der Waals surface area contributed by atoms with Crippen molar-refractivity contribution in [1.29, 1.82) is 0 Å². The van der Waals surface area contributed by atoms with Crippen LogP contribution < -0.4 is 4.74 Å². The van der Waals surface area contributed by atoms with Crippen molar-refractivity contribution < 1.29 is 19.1 Å². The Kier molecular flexibility index (Phi) is 5.53. The Morgan fingerprint density at radius 1 is 1.32 bits per heavy atom. The Balaban J connectivity index is 1.36. The highest BCUT2D eigenvalue weighted by Gasteiger charge is 2.42. The van der Waals surface area contributed by atoms with E-state index in [2.05, 4.69) is 4.98 Å². The molecule has 28 heavy (non-hydrogen) atoms. The van der Waals surface area contributed by atoms with Gasteiger partial charge in [-0.2, -0.15) is 0 Å². The van der Waals surface area contributed by atoms with Crippen molar-refractivity contribution in [3.63, 3.8) is 0 Å². The number of amides is 2. The standard InChI is InChI=1S/C21H29N3O4/c1-27-18-13-17(5-8-22-18)20(26)23-9-6-21(7-10-23)14-19(25)24(11-12-28-21)15-16-3-2-4-16/h5,8,13,16H,2-4,6-7,9-12,14-15H2,1H3. The van der Waals surface area contributed by atoms with Crippen molar-refractivity contribution in [2.45, 2.75) is 44.1 Å². The Hall–Kier alpha value is -2.15. The molecule has 4 rings (SSSR count). The first-order chi connectivity index (χ1) is 13.6. The van der Waals surface area contributed by atoms with Crippen LogP contribution in [-0.4, -0.2) is 72.1 Å². The van der Waals surface area contributed by atoms with Gasteiger partial charge >= 0.3 is 0 Å². The zero-order valence-electron chi connectivity index (χ0n) is 16.6. The summed E-state index contributed by atoms with van der Waals surface area (Å²) in [6, 6.07) is 3.37. The number of hydrogen-bond acceptors (Lipinski definition) is 5. The summed E-state index contributed by atoms with van der Waals surface area (Å²) < 4.78 is 11.3. The lowest BCUT2D eigenvalue weighted by Crippen LogP contribution is -2.49. The predicted octanol–water partition coefficient (Wildman–Crippen LogP) is 2.11. The summed E-state index contributed by atoms with van der Waals surface area (Å²) in [5, 5.41) is 0. The van der Waals surface area contributed by atoms with Crippen molar-refractivity contribution in [2.24, 2.45) is 5.92 Å². The zero-order chi connectivity index (χ0) is 19.6. The van der Waals surface area contributed by atoms with Crippen molar-refractivity contribution in [2.75, 3.05) is 39.9 Å². The number of aromatic nitrogens is 1. The van der Waals surface area contributed by atoms with Gasteiger partial charge in [0, 0.05) is 44.0 Å². The maximum Gasteiger partial charge on any atom is 0.254 e. The Bertz CT molecular complexity index is 726. The molecule has 2 aliphatic heterocycles. The van der Waals surface area contributed by atoms with Crippen LogP contribution in [0, 0.1) is 5.92 Å². The first kappa shape index (κ1) is 19.2. The molecule has 1 aromatic rings. The maximum absolute atomic E-state index is 12.8. The molecule has 1 spiro atoms. The molecule has 0 N–H and O–H groups in total. The summed E-state index contributed by atoms with van der Waals surface area (Å²) in [4.78, 5) is 33.5. The van der Waals surface area contributed by atoms with E-state index in [-0.39, 0.29) is 11.8 Å². The molecule has 1 aliphatic carbocycles. The molecule has 0 bridgehead atoms. The van der Waals surface area contributed by atoms with Gasteiger partial charge in [-0.3, -0.25) is 9.59 Å². The molecule has 3 aliphatic rings. The van der Waals surface area contributed by atoms with Crippen molar-refractivity contribution in [3.05, 3.63) is 23.9 Å². The molecule has 152 valence electrons. The molecule has 3 fully saturated rings. The molecule has 7 nitrogen and oxygen atoms in total. The van der Waals surface area contributed by atoms with Crippen molar-refractivity contribution in [1.82, 2.24) is 14.8 Å². The maximum atomic E-state index is 12.8. The third-order valence-electron chi connectivity index (χ3n) is 6.45. The smallest absolute Gasteiger partial charge is 0.254 e. The number of ether oxygens (including phenoxy) is 2. The van der Waals surface area contributed by atoms with Gasteiger partial charge in [-0.15, -0.1) is 0 Å². The number of carbonyl (C=O) groups excluding carboxylic acids is 2. The Morgan fingerprint density at radius 2 is 2.11 bits per heavy atom. The number of pyridine rings is 1. The molecular weight excluding hydrogens is 358 g/mol. The van der Waals surface area contributed by atoms with Gasteiger partial charge in [0.05, 0.1) is 25.7 Å². The summed E-state index contributed by atoms with van der Waals surface area (Å²) in [5.41, 5.74) is 0.158. The fourth-order valence-corrected chi connectivity index (χ4v) is 4.39. The lowest BCUT2D eigenvalue weighted by atomic mass is 9.84. The summed E-state index contributed by atoms with van der Waals surface area (Å²) in [5.74, 6) is 1.29. The van der Waals surface area contributed by atoms with E-state index in [1.165, 1.54) is 26.4 Å². The van der Waals surface area contributed by atoms with Gasteiger partial charge in [0.1, 0.15) is 0 Å². The summed E-state index contributed by atoms with van der Waals surface area (Å²) >= 11 is 0. The first-order valence-corrected chi connectivity index (χ1v) is 10.3. The van der Waals surface area contributed by atoms with Gasteiger partial charge in [0.25, 0.3) is 5.91 Å². The second-order valence-corrected chi connectivity index (χ2v) is 8.22. The van der Waals surface area contributed by atoms with E-state index < -0.39 is 5.60 Å². The Morgan fingerprint density at radius 3 is 2.79 bits per heavy atom. The molecular formula is C21H29N3O4. The number of nitrogens with zero attached hydrogens (tertiary/aromatic N) is 3. The average Bonchev–Trinajstić information content (AvgIpc) is 2.83. The molecule has 0 radical (unpaired) electrons. The molecule has 1 aromatic heterocycles. The minimum Gasteiger partial charge on any atom is -0.481 e. The second kappa shape index (κ2) is 8.07. The monoisotopic (exact) mass is 387 g/mol. The fourth-order valence-electron chi connectivity index (χ4n) is 4.39. The normalized spacial score (nSPS) is 22.7. The van der Waals surface area contributed by atoms with E-state index in [4.69, 9.17) is 9.47 Å². The molecule has 1 saturated carbocycles. The van der Waals surface area contributed by atoms with Crippen molar-refractivity contribution >= 4 is 11.8 Å². The average molecular weight is 387 g/mol. The van der Waals surface area contributed by atoms with Crippen LogP contribution in [0.25, 0.3) is 0 Å². The molecule has 0 atom stereocenters. The van der Waals surface area contributed by atoms with Crippen molar-refractivity contribution in [3.8, 4) is 5.88 Å².